The normalized spacial score (nSPS) is 26.8. The maximum absolute atomic E-state index is 12.3. The van der Waals surface area contributed by atoms with E-state index < -0.39 is 15.5 Å². The molecule has 0 saturated carbocycles. The van der Waals surface area contributed by atoms with E-state index in [0.29, 0.717) is 18.6 Å². The summed E-state index contributed by atoms with van der Waals surface area (Å²) in [7, 11) is 0.123. The number of methoxy groups -OCH3 is 1. The molecule has 1 aromatic carbocycles. The molecule has 0 N–H and O–H groups in total. The van der Waals surface area contributed by atoms with Crippen molar-refractivity contribution in [3.8, 4) is 0 Å². The second kappa shape index (κ2) is 5.48. The van der Waals surface area contributed by atoms with Gasteiger partial charge in [0.2, 0.25) is 0 Å². The maximum atomic E-state index is 12.3. The van der Waals surface area contributed by atoms with Crippen LogP contribution in [0.4, 0.5) is 0 Å². The number of carbonyl (C=O) groups excluding carboxylic acids is 1. The van der Waals surface area contributed by atoms with Crippen molar-refractivity contribution in [2.75, 3.05) is 12.9 Å². The summed E-state index contributed by atoms with van der Waals surface area (Å²) in [4.78, 5) is 12.1. The lowest BCUT2D eigenvalue weighted by Crippen LogP contribution is -2.47. The molecule has 1 heterocycles. The van der Waals surface area contributed by atoms with E-state index in [9.17, 15) is 9.00 Å². The first-order chi connectivity index (χ1) is 8.69. The Morgan fingerprint density at radius 3 is 2.67 bits per heavy atom. The van der Waals surface area contributed by atoms with E-state index in [-0.39, 0.29) is 5.97 Å². The summed E-state index contributed by atoms with van der Waals surface area (Å²) in [6, 6.07) is 9.65. The van der Waals surface area contributed by atoms with Gasteiger partial charge < -0.3 is 4.74 Å². The van der Waals surface area contributed by atoms with Crippen LogP contribution in [-0.2, 0) is 26.8 Å². The monoisotopic (exact) mass is 264 g/mol. The quantitative estimate of drug-likeness (QED) is 0.618. The van der Waals surface area contributed by atoms with Crippen LogP contribution in [-0.4, -0.2) is 27.8 Å². The van der Waals surface area contributed by atoms with Crippen LogP contribution in [0.2, 0.25) is 0 Å². The lowest BCUT2D eigenvalue weighted by Gasteiger charge is -2.31. The van der Waals surface area contributed by atoms with Crippen LogP contribution in [0.25, 0.3) is 0 Å². The molecule has 0 spiro atoms. The molecule has 0 radical (unpaired) electrons. The van der Waals surface area contributed by atoms with Crippen molar-refractivity contribution in [1.82, 2.24) is 0 Å². The van der Waals surface area contributed by atoms with E-state index in [1.807, 2.05) is 42.5 Å². The zero-order valence-electron chi connectivity index (χ0n) is 10.3. The number of rotatable bonds is 3. The smallest absolute Gasteiger partial charge is 0.325 e. The summed E-state index contributed by atoms with van der Waals surface area (Å²) >= 11 is 0. The van der Waals surface area contributed by atoms with Crippen molar-refractivity contribution in [2.24, 2.45) is 0 Å². The molecule has 0 unspecified atom stereocenters. The number of hydrogen-bond donors (Lipinski definition) is 0. The van der Waals surface area contributed by atoms with Gasteiger partial charge in [0.25, 0.3) is 0 Å². The summed E-state index contributed by atoms with van der Waals surface area (Å²) in [5.41, 5.74) is 1.01. The highest BCUT2D eigenvalue weighted by atomic mass is 32.2. The molecular weight excluding hydrogens is 248 g/mol. The van der Waals surface area contributed by atoms with Crippen molar-refractivity contribution in [3.05, 3.63) is 48.0 Å². The number of allylic oxidation sites excluding steroid dienone is 1. The average molecular weight is 264 g/mol. The highest BCUT2D eigenvalue weighted by Crippen LogP contribution is 2.30. The largest absolute Gasteiger partial charge is 0.468 e. The second-order valence-electron chi connectivity index (χ2n) is 4.34. The molecule has 0 amide bonds. The van der Waals surface area contributed by atoms with Gasteiger partial charge in [0.1, 0.15) is 0 Å². The molecule has 0 aliphatic carbocycles. The third kappa shape index (κ3) is 2.38. The van der Waals surface area contributed by atoms with Crippen LogP contribution in [0, 0.1) is 0 Å². The van der Waals surface area contributed by atoms with Crippen molar-refractivity contribution in [1.29, 1.82) is 0 Å². The van der Waals surface area contributed by atoms with E-state index in [1.165, 1.54) is 7.11 Å². The fourth-order valence-corrected chi connectivity index (χ4v) is 3.70. The lowest BCUT2D eigenvalue weighted by molar-refractivity contribution is -0.143. The molecule has 0 aromatic heterocycles. The number of carbonyl (C=O) groups is 1. The van der Waals surface area contributed by atoms with Gasteiger partial charge >= 0.3 is 5.97 Å². The molecular formula is C14H16O3S. The van der Waals surface area contributed by atoms with Crippen molar-refractivity contribution < 1.29 is 13.7 Å². The molecule has 4 heteroatoms. The van der Waals surface area contributed by atoms with E-state index in [0.717, 1.165) is 5.56 Å². The van der Waals surface area contributed by atoms with Crippen molar-refractivity contribution >= 4 is 16.8 Å². The standard InChI is InChI=1S/C14H16O3S/c1-17-13(15)14(9-5-6-10-18(14)16)11-12-7-3-2-4-8-12/h2-8H,9-11H2,1H3/t14-,18-/m0/s1. The maximum Gasteiger partial charge on any atom is 0.325 e. The Morgan fingerprint density at radius 2 is 2.06 bits per heavy atom. The minimum atomic E-state index is -1.23. The Labute approximate surface area is 109 Å². The van der Waals surface area contributed by atoms with Gasteiger partial charge in [-0.15, -0.1) is 0 Å². The number of ether oxygens (including phenoxy) is 1. The van der Waals surface area contributed by atoms with Crippen molar-refractivity contribution in [3.63, 3.8) is 0 Å². The topological polar surface area (TPSA) is 43.4 Å². The van der Waals surface area contributed by atoms with Gasteiger partial charge in [-0.05, 0) is 12.0 Å². The molecule has 96 valence electrons. The average Bonchev–Trinajstić information content (AvgIpc) is 2.41. The molecule has 0 saturated heterocycles. The summed E-state index contributed by atoms with van der Waals surface area (Å²) in [6.07, 6.45) is 4.71. The Kier molecular flexibility index (Phi) is 3.97. The molecule has 3 nitrogen and oxygen atoms in total. The first kappa shape index (κ1) is 13.0. The van der Waals surface area contributed by atoms with E-state index in [2.05, 4.69) is 0 Å². The lowest BCUT2D eigenvalue weighted by atomic mass is 9.94. The number of benzene rings is 1. The van der Waals surface area contributed by atoms with Crippen LogP contribution in [0.5, 0.6) is 0 Å². The van der Waals surface area contributed by atoms with Crippen LogP contribution in [0.1, 0.15) is 12.0 Å². The van der Waals surface area contributed by atoms with Crippen molar-refractivity contribution in [2.45, 2.75) is 17.6 Å². The summed E-state index contributed by atoms with van der Waals surface area (Å²) in [6.45, 7) is 0. The van der Waals surface area contributed by atoms with Crippen LogP contribution >= 0.6 is 0 Å². The van der Waals surface area contributed by atoms with Crippen LogP contribution < -0.4 is 0 Å². The Morgan fingerprint density at radius 1 is 1.33 bits per heavy atom. The fraction of sp³-hybridized carbons (Fsp3) is 0.357. The molecule has 1 aliphatic heterocycles. The Balaban J connectivity index is 2.34. The van der Waals surface area contributed by atoms with E-state index >= 15 is 0 Å². The summed E-state index contributed by atoms with van der Waals surface area (Å²) in [5.74, 6) is 0.0381. The zero-order valence-corrected chi connectivity index (χ0v) is 11.1. The SMILES string of the molecule is COC(=O)[C@@]1(Cc2ccccc2)CC=CC[S@@]1=O. The molecule has 1 aliphatic rings. The summed E-state index contributed by atoms with van der Waals surface area (Å²) in [5, 5.41) is 0. The first-order valence-electron chi connectivity index (χ1n) is 5.85. The zero-order chi connectivity index (χ0) is 13.0. The van der Waals surface area contributed by atoms with Gasteiger partial charge in [0.15, 0.2) is 4.75 Å². The van der Waals surface area contributed by atoms with E-state index in [4.69, 9.17) is 4.74 Å². The molecule has 1 aromatic rings. The highest BCUT2D eigenvalue weighted by Gasteiger charge is 2.45. The van der Waals surface area contributed by atoms with Gasteiger partial charge in [0, 0.05) is 23.0 Å². The predicted molar refractivity (Wildman–Crippen MR) is 71.7 cm³/mol. The fourth-order valence-electron chi connectivity index (χ4n) is 2.19. The molecule has 2 atom stereocenters. The van der Waals surface area contributed by atoms with Crippen LogP contribution in [0.3, 0.4) is 0 Å². The Bertz CT molecular complexity index is 481. The molecule has 2 rings (SSSR count). The first-order valence-corrected chi connectivity index (χ1v) is 7.17. The molecule has 18 heavy (non-hydrogen) atoms. The molecule has 0 bridgehead atoms. The minimum Gasteiger partial charge on any atom is -0.468 e. The van der Waals surface area contributed by atoms with Gasteiger partial charge in [-0.1, -0.05) is 42.5 Å². The third-order valence-corrected chi connectivity index (χ3v) is 5.03. The second-order valence-corrected chi connectivity index (χ2v) is 6.14. The van der Waals surface area contributed by atoms with Crippen LogP contribution in [0.15, 0.2) is 42.5 Å². The minimum absolute atomic E-state index is 0.381. The van der Waals surface area contributed by atoms with Gasteiger partial charge in [-0.2, -0.15) is 0 Å². The number of esters is 1. The van der Waals surface area contributed by atoms with Gasteiger partial charge in [0.05, 0.1) is 7.11 Å². The molecule has 0 fully saturated rings. The van der Waals surface area contributed by atoms with E-state index in [1.54, 1.807) is 0 Å². The van der Waals surface area contributed by atoms with Gasteiger partial charge in [-0.25, -0.2) is 0 Å². The number of hydrogen-bond acceptors (Lipinski definition) is 3. The van der Waals surface area contributed by atoms with Gasteiger partial charge in [-0.3, -0.25) is 9.00 Å². The highest BCUT2D eigenvalue weighted by molar-refractivity contribution is 7.87. The third-order valence-electron chi connectivity index (χ3n) is 3.19. The summed E-state index contributed by atoms with van der Waals surface area (Å²) < 4.78 is 16.2. The predicted octanol–water partition coefficient (Wildman–Crippen LogP) is 1.85. The Hall–Kier alpha value is -1.42.